The number of rotatable bonds is 23. The molecule has 0 rings (SSSR count). The number of aliphatic hydroxyl groups excluding tert-OH is 2. The van der Waals surface area contributed by atoms with E-state index in [0.717, 1.165) is 51.4 Å². The Morgan fingerprint density at radius 3 is 1.82 bits per heavy atom. The molecule has 0 aromatic heterocycles. The summed E-state index contributed by atoms with van der Waals surface area (Å²) in [6, 6.07) is 0. The van der Waals surface area contributed by atoms with Crippen molar-refractivity contribution in [3.05, 3.63) is 0 Å². The van der Waals surface area contributed by atoms with Crippen LogP contribution in [0.15, 0.2) is 0 Å². The normalized spacial score (nSPS) is 14.9. The highest BCUT2D eigenvalue weighted by Crippen LogP contribution is 2.43. The SMILES string of the molecule is CCCCCCCCC(=O)OC[C@H](COP(=O)(O)OC[C@@H](O)CO)OC(=O)CCCCCCC. The molecule has 34 heavy (non-hydrogen) atoms. The predicted molar refractivity (Wildman–Crippen MR) is 127 cm³/mol. The van der Waals surface area contributed by atoms with Gasteiger partial charge in [-0.05, 0) is 12.8 Å². The van der Waals surface area contributed by atoms with Crippen LogP contribution in [0, 0.1) is 0 Å². The highest BCUT2D eigenvalue weighted by Gasteiger charge is 2.27. The standard InChI is InChI=1S/C23H45O10P/c1-3-5-7-9-11-12-14-22(26)30-18-21(33-23(27)15-13-10-8-6-4-2)19-32-34(28,29)31-17-20(25)16-24/h20-21,24-25H,3-19H2,1-2H3,(H,28,29)/t20-,21+/m0/s1. The fraction of sp³-hybridized carbons (Fsp3) is 0.913. The van der Waals surface area contributed by atoms with Crippen molar-refractivity contribution in [2.45, 2.75) is 110 Å². The Balaban J connectivity index is 4.57. The quantitative estimate of drug-likeness (QED) is 0.104. The van der Waals surface area contributed by atoms with Gasteiger partial charge in [0.1, 0.15) is 12.7 Å². The first-order valence-corrected chi connectivity index (χ1v) is 14.0. The van der Waals surface area contributed by atoms with Crippen LogP contribution in [-0.2, 0) is 32.7 Å². The number of carbonyl (C=O) groups is 2. The molecule has 0 aromatic rings. The number of esters is 2. The lowest BCUT2D eigenvalue weighted by Crippen LogP contribution is -2.29. The van der Waals surface area contributed by atoms with Gasteiger partial charge < -0.3 is 24.6 Å². The molecule has 1 unspecified atom stereocenters. The van der Waals surface area contributed by atoms with E-state index in [-0.39, 0.29) is 19.4 Å². The monoisotopic (exact) mass is 512 g/mol. The largest absolute Gasteiger partial charge is 0.472 e. The van der Waals surface area contributed by atoms with Crippen LogP contribution >= 0.6 is 7.82 Å². The minimum atomic E-state index is -4.57. The Hall–Kier alpha value is -1.03. The number of hydrogen-bond donors (Lipinski definition) is 3. The van der Waals surface area contributed by atoms with E-state index in [0.29, 0.717) is 12.8 Å². The second kappa shape index (κ2) is 21.3. The van der Waals surface area contributed by atoms with Crippen LogP contribution in [-0.4, -0.2) is 65.7 Å². The third-order valence-corrected chi connectivity index (χ3v) is 5.96. The van der Waals surface area contributed by atoms with Gasteiger partial charge in [0, 0.05) is 12.8 Å². The van der Waals surface area contributed by atoms with Gasteiger partial charge in [-0.3, -0.25) is 18.6 Å². The molecule has 3 atom stereocenters. The Kier molecular flexibility index (Phi) is 20.6. The lowest BCUT2D eigenvalue weighted by Gasteiger charge is -2.20. The van der Waals surface area contributed by atoms with Gasteiger partial charge in [-0.1, -0.05) is 71.6 Å². The summed E-state index contributed by atoms with van der Waals surface area (Å²) in [5, 5.41) is 18.0. The molecule has 11 heteroatoms. The van der Waals surface area contributed by atoms with Crippen LogP contribution < -0.4 is 0 Å². The molecule has 0 bridgehead atoms. The van der Waals surface area contributed by atoms with Crippen molar-refractivity contribution in [3.63, 3.8) is 0 Å². The van der Waals surface area contributed by atoms with E-state index in [2.05, 4.69) is 18.4 Å². The van der Waals surface area contributed by atoms with Gasteiger partial charge >= 0.3 is 19.8 Å². The van der Waals surface area contributed by atoms with E-state index >= 15 is 0 Å². The second-order valence-electron chi connectivity index (χ2n) is 8.37. The summed E-state index contributed by atoms with van der Waals surface area (Å²) in [7, 11) is -4.57. The van der Waals surface area contributed by atoms with Crippen molar-refractivity contribution < 1.29 is 47.8 Å². The number of phosphoric acid groups is 1. The van der Waals surface area contributed by atoms with Crippen LogP contribution in [0.25, 0.3) is 0 Å². The van der Waals surface area contributed by atoms with Gasteiger partial charge in [-0.15, -0.1) is 0 Å². The topological polar surface area (TPSA) is 149 Å². The first-order valence-electron chi connectivity index (χ1n) is 12.5. The molecule has 202 valence electrons. The summed E-state index contributed by atoms with van der Waals surface area (Å²) in [5.74, 6) is -0.952. The van der Waals surface area contributed by atoms with Crippen molar-refractivity contribution in [1.82, 2.24) is 0 Å². The number of phosphoric ester groups is 1. The maximum Gasteiger partial charge on any atom is 0.472 e. The van der Waals surface area contributed by atoms with Gasteiger partial charge in [-0.25, -0.2) is 4.57 Å². The summed E-state index contributed by atoms with van der Waals surface area (Å²) in [6.45, 7) is 2.13. The molecule has 0 aliphatic carbocycles. The van der Waals surface area contributed by atoms with E-state index in [1.807, 2.05) is 0 Å². The minimum Gasteiger partial charge on any atom is -0.462 e. The molecule has 0 saturated heterocycles. The molecule has 10 nitrogen and oxygen atoms in total. The zero-order valence-electron chi connectivity index (χ0n) is 20.8. The first-order chi connectivity index (χ1) is 16.2. The average molecular weight is 513 g/mol. The lowest BCUT2D eigenvalue weighted by atomic mass is 10.1. The summed E-state index contributed by atoms with van der Waals surface area (Å²) in [6.07, 6.45) is 8.92. The van der Waals surface area contributed by atoms with Crippen molar-refractivity contribution in [2.75, 3.05) is 26.4 Å². The lowest BCUT2D eigenvalue weighted by molar-refractivity contribution is -0.161. The molecule has 0 aliphatic heterocycles. The zero-order chi connectivity index (χ0) is 25.7. The first kappa shape index (κ1) is 33.0. The third kappa shape index (κ3) is 20.4. The average Bonchev–Trinajstić information content (AvgIpc) is 2.81. The fourth-order valence-corrected chi connectivity index (χ4v) is 3.78. The Morgan fingerprint density at radius 2 is 1.26 bits per heavy atom. The Morgan fingerprint density at radius 1 is 0.765 bits per heavy atom. The highest BCUT2D eigenvalue weighted by molar-refractivity contribution is 7.47. The predicted octanol–water partition coefficient (Wildman–Crippen LogP) is 4.04. The molecular weight excluding hydrogens is 467 g/mol. The summed E-state index contributed by atoms with van der Waals surface area (Å²) in [5.41, 5.74) is 0. The van der Waals surface area contributed by atoms with E-state index in [9.17, 15) is 24.2 Å². The highest BCUT2D eigenvalue weighted by atomic mass is 31.2. The molecule has 0 heterocycles. The van der Waals surface area contributed by atoms with Crippen molar-refractivity contribution in [3.8, 4) is 0 Å². The fourth-order valence-electron chi connectivity index (χ4n) is 2.99. The molecule has 0 saturated carbocycles. The summed E-state index contributed by atoms with van der Waals surface area (Å²) in [4.78, 5) is 33.9. The summed E-state index contributed by atoms with van der Waals surface area (Å²) < 4.78 is 31.9. The number of carbonyl (C=O) groups excluding carboxylic acids is 2. The minimum absolute atomic E-state index is 0.182. The van der Waals surface area contributed by atoms with Crippen LogP contribution in [0.5, 0.6) is 0 Å². The van der Waals surface area contributed by atoms with E-state index in [1.165, 1.54) is 6.42 Å². The van der Waals surface area contributed by atoms with Crippen LogP contribution in [0.2, 0.25) is 0 Å². The van der Waals surface area contributed by atoms with E-state index in [4.69, 9.17) is 19.1 Å². The molecule has 0 aliphatic rings. The van der Waals surface area contributed by atoms with E-state index < -0.39 is 51.8 Å². The van der Waals surface area contributed by atoms with Gasteiger partial charge in [0.25, 0.3) is 0 Å². The van der Waals surface area contributed by atoms with E-state index in [1.54, 1.807) is 0 Å². The maximum atomic E-state index is 12.2. The van der Waals surface area contributed by atoms with Gasteiger partial charge in [0.15, 0.2) is 6.10 Å². The Bertz CT molecular complexity index is 572. The third-order valence-electron chi connectivity index (χ3n) is 5.01. The van der Waals surface area contributed by atoms with Gasteiger partial charge in [-0.2, -0.15) is 0 Å². The Labute approximate surface area is 203 Å². The molecule has 0 aromatic carbocycles. The van der Waals surface area contributed by atoms with Gasteiger partial charge in [0.2, 0.25) is 0 Å². The molecule has 0 fully saturated rings. The summed E-state index contributed by atoms with van der Waals surface area (Å²) >= 11 is 0. The van der Waals surface area contributed by atoms with Crippen LogP contribution in [0.1, 0.15) is 97.3 Å². The number of aliphatic hydroxyl groups is 2. The smallest absolute Gasteiger partial charge is 0.462 e. The van der Waals surface area contributed by atoms with Crippen LogP contribution in [0.3, 0.4) is 0 Å². The van der Waals surface area contributed by atoms with Crippen molar-refractivity contribution in [1.29, 1.82) is 0 Å². The molecular formula is C23H45O10P. The van der Waals surface area contributed by atoms with Crippen molar-refractivity contribution in [2.24, 2.45) is 0 Å². The second-order valence-corrected chi connectivity index (χ2v) is 9.83. The number of hydrogen-bond acceptors (Lipinski definition) is 9. The molecule has 0 radical (unpaired) electrons. The van der Waals surface area contributed by atoms with Crippen LogP contribution in [0.4, 0.5) is 0 Å². The zero-order valence-corrected chi connectivity index (χ0v) is 21.7. The number of unbranched alkanes of at least 4 members (excludes halogenated alkanes) is 9. The van der Waals surface area contributed by atoms with Gasteiger partial charge in [0.05, 0.1) is 19.8 Å². The molecule has 0 spiro atoms. The number of ether oxygens (including phenoxy) is 2. The molecule has 0 amide bonds. The van der Waals surface area contributed by atoms with Crippen molar-refractivity contribution >= 4 is 19.8 Å². The molecule has 3 N–H and O–H groups in total. The maximum absolute atomic E-state index is 12.2.